The van der Waals surface area contributed by atoms with E-state index in [0.29, 0.717) is 0 Å². The summed E-state index contributed by atoms with van der Waals surface area (Å²) in [5, 5.41) is 3.20. The zero-order chi connectivity index (χ0) is 7.68. The van der Waals surface area contributed by atoms with Crippen LogP contribution in [-0.2, 0) is 6.54 Å². The number of benzene rings is 1. The molecule has 0 atom stereocenters. The predicted octanol–water partition coefficient (Wildman–Crippen LogP) is 2.40. The SMILES string of the molecule is IC1=NCc2ccccc2N1. The van der Waals surface area contributed by atoms with Gasteiger partial charge in [-0.15, -0.1) is 0 Å². The van der Waals surface area contributed by atoms with Crippen molar-refractivity contribution < 1.29 is 0 Å². The number of nitrogens with zero attached hydrogens (tertiary/aromatic N) is 1. The van der Waals surface area contributed by atoms with Crippen molar-refractivity contribution in [1.82, 2.24) is 0 Å². The van der Waals surface area contributed by atoms with Gasteiger partial charge in [0, 0.05) is 5.69 Å². The molecule has 1 heterocycles. The smallest absolute Gasteiger partial charge is 0.164 e. The maximum absolute atomic E-state index is 4.26. The van der Waals surface area contributed by atoms with Crippen molar-refractivity contribution in [2.75, 3.05) is 5.32 Å². The quantitative estimate of drug-likeness (QED) is 0.560. The molecule has 0 radical (unpaired) electrons. The Hall–Kier alpha value is -0.580. The van der Waals surface area contributed by atoms with Crippen LogP contribution in [-0.4, -0.2) is 3.84 Å². The standard InChI is InChI=1S/C8H7IN2/c9-8-10-5-6-3-1-2-4-7(6)11-8/h1-4H,5H2,(H,10,11). The molecule has 1 aromatic carbocycles. The van der Waals surface area contributed by atoms with Crippen LogP contribution in [0.4, 0.5) is 5.69 Å². The number of anilines is 1. The molecule has 1 aromatic rings. The van der Waals surface area contributed by atoms with E-state index in [9.17, 15) is 0 Å². The first-order valence-electron chi connectivity index (χ1n) is 3.41. The lowest BCUT2D eigenvalue weighted by molar-refractivity contribution is 1.06. The van der Waals surface area contributed by atoms with Gasteiger partial charge in [0.05, 0.1) is 6.54 Å². The Bertz CT molecular complexity index is 307. The van der Waals surface area contributed by atoms with Crippen molar-refractivity contribution in [2.24, 2.45) is 4.99 Å². The topological polar surface area (TPSA) is 24.4 Å². The number of hydrogen-bond donors (Lipinski definition) is 1. The van der Waals surface area contributed by atoms with Crippen molar-refractivity contribution in [3.8, 4) is 0 Å². The molecule has 0 unspecified atom stereocenters. The van der Waals surface area contributed by atoms with Crippen LogP contribution >= 0.6 is 22.6 Å². The summed E-state index contributed by atoms with van der Waals surface area (Å²) < 4.78 is 0.973. The lowest BCUT2D eigenvalue weighted by Crippen LogP contribution is -2.10. The molecule has 0 bridgehead atoms. The van der Waals surface area contributed by atoms with Gasteiger partial charge >= 0.3 is 0 Å². The van der Waals surface area contributed by atoms with E-state index in [2.05, 4.69) is 45.0 Å². The lowest BCUT2D eigenvalue weighted by Gasteiger charge is -2.13. The Balaban J connectivity index is 2.42. The van der Waals surface area contributed by atoms with Gasteiger partial charge in [-0.2, -0.15) is 0 Å². The van der Waals surface area contributed by atoms with E-state index in [1.54, 1.807) is 0 Å². The Morgan fingerprint density at radius 3 is 3.09 bits per heavy atom. The van der Waals surface area contributed by atoms with E-state index < -0.39 is 0 Å². The minimum atomic E-state index is 0.807. The van der Waals surface area contributed by atoms with Crippen LogP contribution in [0.3, 0.4) is 0 Å². The van der Waals surface area contributed by atoms with E-state index in [1.165, 1.54) is 11.3 Å². The molecule has 0 aromatic heterocycles. The maximum Gasteiger partial charge on any atom is 0.164 e. The number of para-hydroxylation sites is 1. The highest BCUT2D eigenvalue weighted by atomic mass is 127. The van der Waals surface area contributed by atoms with Gasteiger partial charge in [-0.3, -0.25) is 4.99 Å². The summed E-state index contributed by atoms with van der Waals surface area (Å²) in [5.41, 5.74) is 2.46. The second kappa shape index (κ2) is 2.81. The molecule has 2 nitrogen and oxygen atoms in total. The van der Waals surface area contributed by atoms with E-state index in [0.717, 1.165) is 10.4 Å². The Morgan fingerprint density at radius 1 is 1.36 bits per heavy atom. The molecular weight excluding hydrogens is 251 g/mol. The first kappa shape index (κ1) is 7.09. The number of hydrogen-bond acceptors (Lipinski definition) is 2. The van der Waals surface area contributed by atoms with Crippen LogP contribution in [0.1, 0.15) is 5.56 Å². The molecule has 0 amide bonds. The van der Waals surface area contributed by atoms with Crippen molar-refractivity contribution >= 4 is 32.1 Å². The molecule has 0 spiro atoms. The predicted molar refractivity (Wildman–Crippen MR) is 55.2 cm³/mol. The molecule has 1 N–H and O–H groups in total. The first-order valence-corrected chi connectivity index (χ1v) is 4.49. The summed E-state index contributed by atoms with van der Waals surface area (Å²) in [4.78, 5) is 4.26. The van der Waals surface area contributed by atoms with Crippen molar-refractivity contribution in [1.29, 1.82) is 0 Å². The molecule has 0 saturated carbocycles. The number of halogens is 1. The van der Waals surface area contributed by atoms with E-state index >= 15 is 0 Å². The van der Waals surface area contributed by atoms with Crippen LogP contribution in [0.25, 0.3) is 0 Å². The normalized spacial score (nSPS) is 14.8. The second-order valence-corrected chi connectivity index (χ2v) is 3.41. The summed E-state index contributed by atoms with van der Waals surface area (Å²) >= 11 is 2.19. The van der Waals surface area contributed by atoms with Gasteiger partial charge in [0.15, 0.2) is 3.84 Å². The third-order valence-corrected chi connectivity index (χ3v) is 2.25. The third kappa shape index (κ3) is 1.38. The number of rotatable bonds is 0. The van der Waals surface area contributed by atoms with Gasteiger partial charge < -0.3 is 5.32 Å². The molecule has 2 rings (SSSR count). The highest BCUT2D eigenvalue weighted by molar-refractivity contribution is 14.1. The molecule has 3 heteroatoms. The highest BCUT2D eigenvalue weighted by Crippen LogP contribution is 2.20. The minimum absolute atomic E-state index is 0.807. The zero-order valence-electron chi connectivity index (χ0n) is 5.84. The van der Waals surface area contributed by atoms with Crippen LogP contribution in [0.2, 0.25) is 0 Å². The lowest BCUT2D eigenvalue weighted by atomic mass is 10.1. The highest BCUT2D eigenvalue weighted by Gasteiger charge is 2.06. The number of aliphatic imine (C=N–C) groups is 1. The summed E-state index contributed by atoms with van der Waals surface area (Å²) in [7, 11) is 0. The van der Waals surface area contributed by atoms with Crippen LogP contribution in [0, 0.1) is 0 Å². The number of fused-ring (bicyclic) bond motifs is 1. The largest absolute Gasteiger partial charge is 0.335 e. The molecule has 56 valence electrons. The second-order valence-electron chi connectivity index (χ2n) is 2.39. The Labute approximate surface area is 78.9 Å². The monoisotopic (exact) mass is 258 g/mol. The summed E-state index contributed by atoms with van der Waals surface area (Å²) in [6, 6.07) is 8.23. The Morgan fingerprint density at radius 2 is 2.18 bits per heavy atom. The van der Waals surface area contributed by atoms with Crippen LogP contribution < -0.4 is 5.32 Å². The van der Waals surface area contributed by atoms with Gasteiger partial charge in [0.1, 0.15) is 0 Å². The zero-order valence-corrected chi connectivity index (χ0v) is 8.00. The summed E-state index contributed by atoms with van der Waals surface area (Å²) in [6.07, 6.45) is 0. The molecule has 0 fully saturated rings. The van der Waals surface area contributed by atoms with Gasteiger partial charge in [-0.05, 0) is 34.2 Å². The molecular formula is C8H7IN2. The molecule has 1 aliphatic heterocycles. The van der Waals surface area contributed by atoms with Crippen LogP contribution in [0.15, 0.2) is 29.3 Å². The van der Waals surface area contributed by atoms with Crippen molar-refractivity contribution in [3.63, 3.8) is 0 Å². The van der Waals surface area contributed by atoms with Gasteiger partial charge in [0.25, 0.3) is 0 Å². The minimum Gasteiger partial charge on any atom is -0.335 e. The van der Waals surface area contributed by atoms with Crippen LogP contribution in [0.5, 0.6) is 0 Å². The van der Waals surface area contributed by atoms with E-state index in [1.807, 2.05) is 12.1 Å². The number of nitrogens with one attached hydrogen (secondary N) is 1. The first-order chi connectivity index (χ1) is 5.36. The third-order valence-electron chi connectivity index (χ3n) is 1.64. The fourth-order valence-electron chi connectivity index (χ4n) is 1.09. The van der Waals surface area contributed by atoms with E-state index in [4.69, 9.17) is 0 Å². The maximum atomic E-state index is 4.26. The molecule has 0 saturated heterocycles. The van der Waals surface area contributed by atoms with Crippen molar-refractivity contribution in [3.05, 3.63) is 29.8 Å². The molecule has 1 aliphatic rings. The average Bonchev–Trinajstić information content (AvgIpc) is 2.04. The summed E-state index contributed by atoms with van der Waals surface area (Å²) in [6.45, 7) is 0.807. The Kier molecular flexibility index (Phi) is 1.81. The van der Waals surface area contributed by atoms with Gasteiger partial charge in [0.2, 0.25) is 0 Å². The fourth-order valence-corrected chi connectivity index (χ4v) is 1.55. The molecule has 0 aliphatic carbocycles. The number of amidine groups is 1. The fraction of sp³-hybridized carbons (Fsp3) is 0.125. The van der Waals surface area contributed by atoms with Crippen molar-refractivity contribution in [2.45, 2.75) is 6.54 Å². The van der Waals surface area contributed by atoms with Gasteiger partial charge in [-0.1, -0.05) is 18.2 Å². The van der Waals surface area contributed by atoms with E-state index in [-0.39, 0.29) is 0 Å². The molecule has 11 heavy (non-hydrogen) atoms. The van der Waals surface area contributed by atoms with Gasteiger partial charge in [-0.25, -0.2) is 0 Å². The average molecular weight is 258 g/mol. The summed E-state index contributed by atoms with van der Waals surface area (Å²) in [5.74, 6) is 0.